The fourth-order valence-electron chi connectivity index (χ4n) is 4.05. The number of carbonyl (C=O) groups is 2. The molecule has 4 heteroatoms. The Labute approximate surface area is 197 Å². The van der Waals surface area contributed by atoms with E-state index in [0.29, 0.717) is 13.0 Å². The number of benzene rings is 3. The van der Waals surface area contributed by atoms with Gasteiger partial charge in [-0.15, -0.1) is 0 Å². The lowest BCUT2D eigenvalue weighted by Crippen LogP contribution is -2.49. The van der Waals surface area contributed by atoms with E-state index < -0.39 is 6.04 Å². The van der Waals surface area contributed by atoms with Gasteiger partial charge in [-0.3, -0.25) is 9.59 Å². The second-order valence-electron chi connectivity index (χ2n) is 8.87. The smallest absolute Gasteiger partial charge is 0.242 e. The second-order valence-corrected chi connectivity index (χ2v) is 8.87. The molecule has 0 saturated heterocycles. The molecule has 0 aliphatic carbocycles. The van der Waals surface area contributed by atoms with Crippen LogP contribution in [-0.2, 0) is 16.1 Å². The predicted molar refractivity (Wildman–Crippen MR) is 134 cm³/mol. The quantitative estimate of drug-likeness (QED) is 0.478. The molecule has 0 aromatic heterocycles. The number of nitrogens with zero attached hydrogens (tertiary/aromatic N) is 1. The molecule has 0 spiro atoms. The van der Waals surface area contributed by atoms with Crippen LogP contribution in [0.25, 0.3) is 0 Å². The summed E-state index contributed by atoms with van der Waals surface area (Å²) in [5.74, 6) is -0.259. The first kappa shape index (κ1) is 24.2. The van der Waals surface area contributed by atoms with Crippen molar-refractivity contribution < 1.29 is 9.59 Å². The lowest BCUT2D eigenvalue weighted by Gasteiger charge is -2.31. The highest BCUT2D eigenvalue weighted by molar-refractivity contribution is 5.88. The number of nitrogens with one attached hydrogen (secondary N) is 1. The number of carbonyl (C=O) groups excluding carboxylic acids is 2. The van der Waals surface area contributed by atoms with Crippen LogP contribution in [-0.4, -0.2) is 28.8 Å². The van der Waals surface area contributed by atoms with Crippen molar-refractivity contribution in [2.24, 2.45) is 0 Å². The van der Waals surface area contributed by atoms with E-state index in [1.54, 1.807) is 4.90 Å². The lowest BCUT2D eigenvalue weighted by atomic mass is 9.88. The highest BCUT2D eigenvalue weighted by Gasteiger charge is 2.29. The Bertz CT molecular complexity index is 1010. The zero-order valence-electron chi connectivity index (χ0n) is 20.0. The third-order valence-electron chi connectivity index (χ3n) is 5.98. The summed E-state index contributed by atoms with van der Waals surface area (Å²) in [7, 11) is 0. The summed E-state index contributed by atoms with van der Waals surface area (Å²) < 4.78 is 0. The Balaban J connectivity index is 1.93. The molecule has 0 radical (unpaired) electrons. The maximum absolute atomic E-state index is 13.8. The highest BCUT2D eigenvalue weighted by Crippen LogP contribution is 2.29. The van der Waals surface area contributed by atoms with Crippen molar-refractivity contribution in [3.8, 4) is 0 Å². The van der Waals surface area contributed by atoms with Crippen LogP contribution in [0.1, 0.15) is 55.4 Å². The van der Waals surface area contributed by atoms with Crippen LogP contribution in [0.5, 0.6) is 0 Å². The topological polar surface area (TPSA) is 49.4 Å². The summed E-state index contributed by atoms with van der Waals surface area (Å²) in [5.41, 5.74) is 4.33. The minimum Gasteiger partial charge on any atom is -0.352 e. The molecule has 2 amide bonds. The molecular formula is C29H34N2O2. The summed E-state index contributed by atoms with van der Waals surface area (Å²) in [6.07, 6.45) is 0.291. The number of rotatable bonds is 9. The number of hydrogen-bond donors (Lipinski definition) is 1. The van der Waals surface area contributed by atoms with E-state index in [-0.39, 0.29) is 23.8 Å². The third-order valence-corrected chi connectivity index (χ3v) is 5.98. The molecule has 0 bridgehead atoms. The van der Waals surface area contributed by atoms with Gasteiger partial charge < -0.3 is 10.2 Å². The predicted octanol–water partition coefficient (Wildman–Crippen LogP) is 5.46. The molecule has 4 nitrogen and oxygen atoms in total. The molecule has 0 fully saturated rings. The maximum Gasteiger partial charge on any atom is 0.242 e. The Kier molecular flexibility index (Phi) is 8.42. The van der Waals surface area contributed by atoms with Crippen molar-refractivity contribution in [3.63, 3.8) is 0 Å². The molecule has 3 rings (SSSR count). The molecule has 172 valence electrons. The van der Waals surface area contributed by atoms with Gasteiger partial charge in [0.2, 0.25) is 11.8 Å². The van der Waals surface area contributed by atoms with Crippen LogP contribution in [0, 0.1) is 6.92 Å². The van der Waals surface area contributed by atoms with Crippen molar-refractivity contribution in [1.29, 1.82) is 0 Å². The first-order valence-electron chi connectivity index (χ1n) is 11.6. The molecule has 0 aliphatic heterocycles. The standard InChI is InChI=1S/C29H34N2O2/c1-21(2)30-29(33)23(4)31(20-26-18-12-11-13-22(26)3)28(32)19-27(24-14-7-5-8-15-24)25-16-9-6-10-17-25/h5-18,21,23,27H,19-20H2,1-4H3,(H,30,33)/t23-/m1/s1. The largest absolute Gasteiger partial charge is 0.352 e. The van der Waals surface area contributed by atoms with Gasteiger partial charge in [0, 0.05) is 24.9 Å². The van der Waals surface area contributed by atoms with Crippen molar-refractivity contribution >= 4 is 11.8 Å². The zero-order chi connectivity index (χ0) is 23.8. The highest BCUT2D eigenvalue weighted by atomic mass is 16.2. The summed E-state index contributed by atoms with van der Waals surface area (Å²) in [5, 5.41) is 2.96. The molecular weight excluding hydrogens is 408 g/mol. The Morgan fingerprint density at radius 1 is 0.788 bits per heavy atom. The van der Waals surface area contributed by atoms with Crippen LogP contribution in [0.15, 0.2) is 84.9 Å². The molecule has 0 saturated carbocycles. The van der Waals surface area contributed by atoms with Crippen molar-refractivity contribution in [1.82, 2.24) is 10.2 Å². The molecule has 0 unspecified atom stereocenters. The van der Waals surface area contributed by atoms with E-state index in [1.807, 2.05) is 88.4 Å². The summed E-state index contributed by atoms with van der Waals surface area (Å²) >= 11 is 0. The average Bonchev–Trinajstić information content (AvgIpc) is 2.82. The Hall–Kier alpha value is -3.40. The van der Waals surface area contributed by atoms with Gasteiger partial charge in [0.05, 0.1) is 0 Å². The lowest BCUT2D eigenvalue weighted by molar-refractivity contribution is -0.141. The van der Waals surface area contributed by atoms with Crippen molar-refractivity contribution in [3.05, 3.63) is 107 Å². The normalized spacial score (nSPS) is 11.9. The van der Waals surface area contributed by atoms with Crippen LogP contribution in [0.3, 0.4) is 0 Å². The first-order valence-corrected chi connectivity index (χ1v) is 11.6. The molecule has 0 aliphatic rings. The van der Waals surface area contributed by atoms with E-state index in [9.17, 15) is 9.59 Å². The van der Waals surface area contributed by atoms with Gasteiger partial charge in [0.15, 0.2) is 0 Å². The monoisotopic (exact) mass is 442 g/mol. The van der Waals surface area contributed by atoms with Crippen LogP contribution >= 0.6 is 0 Å². The molecule has 3 aromatic carbocycles. The molecule has 0 heterocycles. The van der Waals surface area contributed by atoms with Crippen LogP contribution < -0.4 is 5.32 Å². The maximum atomic E-state index is 13.8. The van der Waals surface area contributed by atoms with Crippen molar-refractivity contribution in [2.45, 2.75) is 58.7 Å². The van der Waals surface area contributed by atoms with Gasteiger partial charge in [-0.05, 0) is 49.9 Å². The van der Waals surface area contributed by atoms with Gasteiger partial charge in [0.25, 0.3) is 0 Å². The number of hydrogen-bond acceptors (Lipinski definition) is 2. The first-order chi connectivity index (χ1) is 15.9. The van der Waals surface area contributed by atoms with E-state index >= 15 is 0 Å². The Morgan fingerprint density at radius 2 is 1.30 bits per heavy atom. The summed E-state index contributed by atoms with van der Waals surface area (Å²) in [6.45, 7) is 8.11. The fourth-order valence-corrected chi connectivity index (χ4v) is 4.05. The minimum absolute atomic E-state index is 0.0109. The van der Waals surface area contributed by atoms with Gasteiger partial charge in [0.1, 0.15) is 6.04 Å². The van der Waals surface area contributed by atoms with Gasteiger partial charge in [-0.1, -0.05) is 84.9 Å². The molecule has 1 atom stereocenters. The van der Waals surface area contributed by atoms with Crippen molar-refractivity contribution in [2.75, 3.05) is 0 Å². The second kappa shape index (κ2) is 11.5. The number of aryl methyl sites for hydroxylation is 1. The average molecular weight is 443 g/mol. The number of amides is 2. The SMILES string of the molecule is Cc1ccccc1CN(C(=O)CC(c1ccccc1)c1ccccc1)[C@H](C)C(=O)NC(C)C. The molecule has 33 heavy (non-hydrogen) atoms. The Morgan fingerprint density at radius 3 is 1.82 bits per heavy atom. The zero-order valence-corrected chi connectivity index (χ0v) is 20.0. The molecule has 1 N–H and O–H groups in total. The van der Waals surface area contributed by atoms with Crippen LogP contribution in [0.2, 0.25) is 0 Å². The van der Waals surface area contributed by atoms with E-state index in [0.717, 1.165) is 22.3 Å². The fraction of sp³-hybridized carbons (Fsp3) is 0.310. The minimum atomic E-state index is -0.577. The third kappa shape index (κ3) is 6.55. The van der Waals surface area contributed by atoms with Gasteiger partial charge in [-0.25, -0.2) is 0 Å². The molecule has 3 aromatic rings. The van der Waals surface area contributed by atoms with Crippen LogP contribution in [0.4, 0.5) is 0 Å². The van der Waals surface area contributed by atoms with E-state index in [2.05, 4.69) is 29.6 Å². The van der Waals surface area contributed by atoms with Gasteiger partial charge >= 0.3 is 0 Å². The summed E-state index contributed by atoms with van der Waals surface area (Å²) in [4.78, 5) is 28.4. The van der Waals surface area contributed by atoms with E-state index in [1.165, 1.54) is 0 Å². The van der Waals surface area contributed by atoms with E-state index in [4.69, 9.17) is 0 Å². The van der Waals surface area contributed by atoms with Gasteiger partial charge in [-0.2, -0.15) is 0 Å². The summed E-state index contributed by atoms with van der Waals surface area (Å²) in [6, 6.07) is 27.7.